The molecule has 6 nitrogen and oxygen atoms in total. The summed E-state index contributed by atoms with van der Waals surface area (Å²) in [6.45, 7) is 2.06. The smallest absolute Gasteiger partial charge is 0.272 e. The van der Waals surface area contributed by atoms with Crippen LogP contribution in [-0.4, -0.2) is 57.3 Å². The van der Waals surface area contributed by atoms with Gasteiger partial charge in [0.05, 0.1) is 11.1 Å². The second-order valence-corrected chi connectivity index (χ2v) is 5.52. The molecule has 1 fully saturated rings. The van der Waals surface area contributed by atoms with Crippen molar-refractivity contribution in [2.75, 3.05) is 26.7 Å². The lowest BCUT2D eigenvalue weighted by Crippen LogP contribution is -2.49. The molecule has 0 aromatic carbocycles. The molecular weight excluding hydrogens is 290 g/mol. The van der Waals surface area contributed by atoms with Gasteiger partial charge in [-0.2, -0.15) is 0 Å². The molecule has 2 aromatic heterocycles. The summed E-state index contributed by atoms with van der Waals surface area (Å²) < 4.78 is 0. The van der Waals surface area contributed by atoms with E-state index in [1.807, 2.05) is 11.9 Å². The predicted octanol–water partition coefficient (Wildman–Crippen LogP) is 1.59. The molecule has 3 rings (SSSR count). The standard InChI is InChI=1S/C14H16ClN5O/c1-19-6-7-20(9-12(19)13-16-4-5-17-13)14(21)11-3-2-10(15)8-18-11/h2-5,8,12H,6-7,9H2,1H3,(H,16,17)/t12-/m0/s1. The Morgan fingerprint density at radius 3 is 2.90 bits per heavy atom. The summed E-state index contributed by atoms with van der Waals surface area (Å²) >= 11 is 5.81. The minimum Gasteiger partial charge on any atom is -0.347 e. The summed E-state index contributed by atoms with van der Waals surface area (Å²) in [6.07, 6.45) is 5.02. The number of likely N-dealkylation sites (N-methyl/N-ethyl adjacent to an activating group) is 1. The van der Waals surface area contributed by atoms with Gasteiger partial charge in [-0.15, -0.1) is 0 Å². The third kappa shape index (κ3) is 2.91. The van der Waals surface area contributed by atoms with Crippen LogP contribution >= 0.6 is 11.6 Å². The van der Waals surface area contributed by atoms with Crippen molar-refractivity contribution in [3.05, 3.63) is 47.3 Å². The number of aromatic amines is 1. The largest absolute Gasteiger partial charge is 0.347 e. The Balaban J connectivity index is 1.77. The number of hydrogen-bond acceptors (Lipinski definition) is 4. The number of imidazole rings is 1. The van der Waals surface area contributed by atoms with E-state index in [-0.39, 0.29) is 11.9 Å². The van der Waals surface area contributed by atoms with Crippen LogP contribution < -0.4 is 0 Å². The van der Waals surface area contributed by atoms with Gasteiger partial charge < -0.3 is 9.88 Å². The molecule has 3 heterocycles. The number of hydrogen-bond donors (Lipinski definition) is 1. The molecule has 1 saturated heterocycles. The predicted molar refractivity (Wildman–Crippen MR) is 79.1 cm³/mol. The van der Waals surface area contributed by atoms with Gasteiger partial charge >= 0.3 is 0 Å². The van der Waals surface area contributed by atoms with Gasteiger partial charge in [-0.1, -0.05) is 11.6 Å². The Kier molecular flexibility index (Phi) is 3.90. The Labute approximate surface area is 127 Å². The molecule has 1 atom stereocenters. The number of H-pyrrole nitrogens is 1. The SMILES string of the molecule is CN1CCN(C(=O)c2ccc(Cl)cn2)C[C@H]1c1ncc[nH]1. The second kappa shape index (κ2) is 5.83. The first kappa shape index (κ1) is 14.0. The van der Waals surface area contributed by atoms with Crippen molar-refractivity contribution >= 4 is 17.5 Å². The van der Waals surface area contributed by atoms with E-state index in [1.165, 1.54) is 6.20 Å². The Morgan fingerprint density at radius 2 is 2.24 bits per heavy atom. The van der Waals surface area contributed by atoms with Crippen LogP contribution in [0.1, 0.15) is 22.4 Å². The van der Waals surface area contributed by atoms with Gasteiger partial charge in [0.1, 0.15) is 11.5 Å². The summed E-state index contributed by atoms with van der Waals surface area (Å²) in [5.41, 5.74) is 0.419. The fraction of sp³-hybridized carbons (Fsp3) is 0.357. The lowest BCUT2D eigenvalue weighted by Gasteiger charge is -2.38. The molecular formula is C14H16ClN5O. The molecule has 1 aliphatic heterocycles. The Morgan fingerprint density at radius 1 is 1.38 bits per heavy atom. The lowest BCUT2D eigenvalue weighted by atomic mass is 10.1. The van der Waals surface area contributed by atoms with E-state index >= 15 is 0 Å². The summed E-state index contributed by atoms with van der Waals surface area (Å²) in [6, 6.07) is 3.41. The van der Waals surface area contributed by atoms with Gasteiger partial charge in [0, 0.05) is 38.2 Å². The van der Waals surface area contributed by atoms with Gasteiger partial charge in [0.2, 0.25) is 0 Å². The van der Waals surface area contributed by atoms with Crippen molar-refractivity contribution in [1.29, 1.82) is 0 Å². The molecule has 0 radical (unpaired) electrons. The highest BCUT2D eigenvalue weighted by Gasteiger charge is 2.30. The average Bonchev–Trinajstić information content (AvgIpc) is 3.02. The number of carbonyl (C=O) groups is 1. The number of amides is 1. The van der Waals surface area contributed by atoms with Gasteiger partial charge in [-0.3, -0.25) is 9.69 Å². The summed E-state index contributed by atoms with van der Waals surface area (Å²) in [4.78, 5) is 28.0. The summed E-state index contributed by atoms with van der Waals surface area (Å²) in [5.74, 6) is 0.801. The van der Waals surface area contributed by atoms with E-state index in [9.17, 15) is 4.79 Å². The van der Waals surface area contributed by atoms with Gasteiger partial charge in [-0.25, -0.2) is 9.97 Å². The maximum atomic E-state index is 12.5. The minimum absolute atomic E-state index is 0.0728. The van der Waals surface area contributed by atoms with Crippen molar-refractivity contribution < 1.29 is 4.79 Å². The van der Waals surface area contributed by atoms with Crippen molar-refractivity contribution in [2.24, 2.45) is 0 Å². The van der Waals surface area contributed by atoms with Crippen LogP contribution in [0.3, 0.4) is 0 Å². The first-order valence-electron chi connectivity index (χ1n) is 6.75. The maximum Gasteiger partial charge on any atom is 0.272 e. The average molecular weight is 306 g/mol. The molecule has 1 N–H and O–H groups in total. The Bertz CT molecular complexity index is 613. The number of rotatable bonds is 2. The number of halogens is 1. The minimum atomic E-state index is -0.0728. The fourth-order valence-electron chi connectivity index (χ4n) is 2.48. The van der Waals surface area contributed by atoms with Crippen molar-refractivity contribution in [3.63, 3.8) is 0 Å². The molecule has 2 aromatic rings. The highest BCUT2D eigenvalue weighted by molar-refractivity contribution is 6.30. The second-order valence-electron chi connectivity index (χ2n) is 5.08. The third-order valence-corrected chi connectivity index (χ3v) is 3.94. The first-order chi connectivity index (χ1) is 10.1. The highest BCUT2D eigenvalue weighted by atomic mass is 35.5. The number of aromatic nitrogens is 3. The van der Waals surface area contributed by atoms with Gasteiger partial charge in [0.25, 0.3) is 5.91 Å². The van der Waals surface area contributed by atoms with Crippen LogP contribution in [-0.2, 0) is 0 Å². The summed E-state index contributed by atoms with van der Waals surface area (Å²) in [5, 5.41) is 0.526. The topological polar surface area (TPSA) is 65.1 Å². The highest BCUT2D eigenvalue weighted by Crippen LogP contribution is 2.22. The zero-order chi connectivity index (χ0) is 14.8. The zero-order valence-corrected chi connectivity index (χ0v) is 12.4. The lowest BCUT2D eigenvalue weighted by molar-refractivity contribution is 0.0529. The van der Waals surface area contributed by atoms with E-state index in [4.69, 9.17) is 11.6 Å². The van der Waals surface area contributed by atoms with Crippen molar-refractivity contribution in [1.82, 2.24) is 24.8 Å². The zero-order valence-electron chi connectivity index (χ0n) is 11.7. The molecule has 0 saturated carbocycles. The van der Waals surface area contributed by atoms with Crippen LogP contribution in [0, 0.1) is 0 Å². The quantitative estimate of drug-likeness (QED) is 0.915. The Hall–Kier alpha value is -1.92. The van der Waals surface area contributed by atoms with Gasteiger partial charge in [-0.05, 0) is 19.2 Å². The number of nitrogens with one attached hydrogen (secondary N) is 1. The summed E-state index contributed by atoms with van der Waals surface area (Å²) in [7, 11) is 2.04. The fourth-order valence-corrected chi connectivity index (χ4v) is 2.59. The molecule has 21 heavy (non-hydrogen) atoms. The van der Waals surface area contributed by atoms with Crippen LogP contribution in [0.4, 0.5) is 0 Å². The molecule has 110 valence electrons. The molecule has 1 amide bonds. The van der Waals surface area contributed by atoms with E-state index < -0.39 is 0 Å². The van der Waals surface area contributed by atoms with Gasteiger partial charge in [0.15, 0.2) is 0 Å². The van der Waals surface area contributed by atoms with Crippen LogP contribution in [0.5, 0.6) is 0 Å². The number of nitrogens with zero attached hydrogens (tertiary/aromatic N) is 4. The molecule has 0 unspecified atom stereocenters. The molecule has 7 heteroatoms. The van der Waals surface area contributed by atoms with Crippen LogP contribution in [0.2, 0.25) is 5.02 Å². The van der Waals surface area contributed by atoms with E-state index in [2.05, 4.69) is 19.9 Å². The van der Waals surface area contributed by atoms with Crippen molar-refractivity contribution in [2.45, 2.75) is 6.04 Å². The van der Waals surface area contributed by atoms with E-state index in [0.717, 1.165) is 12.4 Å². The van der Waals surface area contributed by atoms with E-state index in [1.54, 1.807) is 24.5 Å². The first-order valence-corrected chi connectivity index (χ1v) is 7.13. The molecule has 0 bridgehead atoms. The normalized spacial score (nSPS) is 19.7. The molecule has 0 spiro atoms. The number of carbonyl (C=O) groups excluding carboxylic acids is 1. The van der Waals surface area contributed by atoms with Crippen LogP contribution in [0.15, 0.2) is 30.7 Å². The monoisotopic (exact) mass is 305 g/mol. The number of pyridine rings is 1. The van der Waals surface area contributed by atoms with Crippen LogP contribution in [0.25, 0.3) is 0 Å². The third-order valence-electron chi connectivity index (χ3n) is 3.72. The molecule has 1 aliphatic rings. The van der Waals surface area contributed by atoms with E-state index in [0.29, 0.717) is 23.8 Å². The molecule has 0 aliphatic carbocycles. The maximum absolute atomic E-state index is 12.5. The van der Waals surface area contributed by atoms with Crippen molar-refractivity contribution in [3.8, 4) is 0 Å². The number of piperazine rings is 1.